The highest BCUT2D eigenvalue weighted by molar-refractivity contribution is 7.92. The van der Waals surface area contributed by atoms with E-state index < -0.39 is 28.8 Å². The van der Waals surface area contributed by atoms with Gasteiger partial charge in [0.1, 0.15) is 0 Å². The molecule has 0 spiro atoms. The molecule has 0 radical (unpaired) electrons. The van der Waals surface area contributed by atoms with Gasteiger partial charge >= 0.3 is 11.9 Å². The van der Waals surface area contributed by atoms with E-state index in [2.05, 4.69) is 4.72 Å². The summed E-state index contributed by atoms with van der Waals surface area (Å²) in [6.45, 7) is 2.79. The molecular formula is C29H33NO6S. The summed E-state index contributed by atoms with van der Waals surface area (Å²) in [4.78, 5) is 23.8. The highest BCUT2D eigenvalue weighted by Crippen LogP contribution is 2.21. The Labute approximate surface area is 218 Å². The van der Waals surface area contributed by atoms with Gasteiger partial charge in [0.05, 0.1) is 10.8 Å². The maximum Gasteiger partial charge on any atom is 0.311 e. The van der Waals surface area contributed by atoms with E-state index in [1.165, 1.54) is 6.92 Å². The molecule has 0 fully saturated rings. The van der Waals surface area contributed by atoms with Crippen molar-refractivity contribution < 1.29 is 27.5 Å². The summed E-state index contributed by atoms with van der Waals surface area (Å²) < 4.78 is 38.3. The van der Waals surface area contributed by atoms with Crippen molar-refractivity contribution in [1.82, 2.24) is 0 Å². The SMILES string of the molecule is CC(=O)OCOC(=O)C(CCCc1cccc(S(=O)(=O)Nc2ccc(C)cc2)c1)CCc1ccccc1. The molecule has 3 aromatic rings. The Hall–Kier alpha value is -3.65. The number of benzene rings is 3. The van der Waals surface area contributed by atoms with Crippen LogP contribution in [-0.2, 0) is 41.9 Å². The maximum atomic E-state index is 12.9. The highest BCUT2D eigenvalue weighted by Gasteiger charge is 2.21. The van der Waals surface area contributed by atoms with Crippen molar-refractivity contribution in [2.24, 2.45) is 5.92 Å². The van der Waals surface area contributed by atoms with E-state index in [0.29, 0.717) is 37.8 Å². The second-order valence-electron chi connectivity index (χ2n) is 8.95. The number of sulfonamides is 1. The van der Waals surface area contributed by atoms with E-state index in [9.17, 15) is 18.0 Å². The summed E-state index contributed by atoms with van der Waals surface area (Å²) in [7, 11) is -3.73. The van der Waals surface area contributed by atoms with Gasteiger partial charge in [-0.15, -0.1) is 0 Å². The quantitative estimate of drug-likeness (QED) is 0.237. The Balaban J connectivity index is 1.60. The summed E-state index contributed by atoms with van der Waals surface area (Å²) in [6.07, 6.45) is 3.14. The lowest BCUT2D eigenvalue weighted by atomic mass is 9.93. The number of nitrogens with one attached hydrogen (secondary N) is 1. The molecule has 0 aliphatic heterocycles. The fourth-order valence-corrected chi connectivity index (χ4v) is 5.04. The third kappa shape index (κ3) is 9.38. The summed E-state index contributed by atoms with van der Waals surface area (Å²) in [6, 6.07) is 23.9. The first-order chi connectivity index (χ1) is 17.7. The van der Waals surface area contributed by atoms with E-state index >= 15 is 0 Å². The molecule has 0 saturated heterocycles. The molecule has 8 heteroatoms. The smallest absolute Gasteiger partial charge is 0.311 e. The average molecular weight is 524 g/mol. The number of hydrogen-bond acceptors (Lipinski definition) is 6. The Morgan fingerprint density at radius 2 is 1.54 bits per heavy atom. The van der Waals surface area contributed by atoms with Crippen LogP contribution in [0.1, 0.15) is 42.9 Å². The third-order valence-electron chi connectivity index (χ3n) is 5.95. The van der Waals surface area contributed by atoms with E-state index in [4.69, 9.17) is 9.47 Å². The zero-order valence-corrected chi connectivity index (χ0v) is 22.0. The van der Waals surface area contributed by atoms with Crippen LogP contribution in [0.5, 0.6) is 0 Å². The second-order valence-corrected chi connectivity index (χ2v) is 10.6. The van der Waals surface area contributed by atoms with Crippen LogP contribution in [0.2, 0.25) is 0 Å². The van der Waals surface area contributed by atoms with Gasteiger partial charge in [0.15, 0.2) is 0 Å². The Morgan fingerprint density at radius 3 is 2.24 bits per heavy atom. The fraction of sp³-hybridized carbons (Fsp3) is 0.310. The van der Waals surface area contributed by atoms with Crippen LogP contribution >= 0.6 is 0 Å². The monoisotopic (exact) mass is 523 g/mol. The number of anilines is 1. The van der Waals surface area contributed by atoms with Crippen molar-refractivity contribution in [3.63, 3.8) is 0 Å². The van der Waals surface area contributed by atoms with Crippen LogP contribution < -0.4 is 4.72 Å². The first-order valence-corrected chi connectivity index (χ1v) is 13.7. The Morgan fingerprint density at radius 1 is 0.838 bits per heavy atom. The Kier molecular flexibility index (Phi) is 10.3. The normalized spacial score (nSPS) is 11.9. The maximum absolute atomic E-state index is 12.9. The first kappa shape index (κ1) is 27.9. The van der Waals surface area contributed by atoms with Crippen LogP contribution in [0.3, 0.4) is 0 Å². The van der Waals surface area contributed by atoms with Gasteiger partial charge in [-0.2, -0.15) is 0 Å². The largest absolute Gasteiger partial charge is 0.428 e. The molecule has 1 atom stereocenters. The predicted molar refractivity (Wildman–Crippen MR) is 142 cm³/mol. The third-order valence-corrected chi connectivity index (χ3v) is 7.33. The van der Waals surface area contributed by atoms with Crippen molar-refractivity contribution in [2.45, 2.75) is 50.8 Å². The predicted octanol–water partition coefficient (Wildman–Crippen LogP) is 5.43. The molecule has 0 bridgehead atoms. The molecule has 0 heterocycles. The van der Waals surface area contributed by atoms with Crippen LogP contribution in [0.25, 0.3) is 0 Å². The molecular weight excluding hydrogens is 490 g/mol. The van der Waals surface area contributed by atoms with Gasteiger partial charge in [-0.3, -0.25) is 14.3 Å². The molecule has 37 heavy (non-hydrogen) atoms. The van der Waals surface area contributed by atoms with Gasteiger partial charge in [-0.25, -0.2) is 8.42 Å². The summed E-state index contributed by atoms with van der Waals surface area (Å²) in [5, 5.41) is 0. The molecule has 0 aliphatic rings. The fourth-order valence-electron chi connectivity index (χ4n) is 3.91. The standard InChI is InChI=1S/C29H33NO6S/c1-22-14-18-27(19-15-22)30-37(33,34)28-13-7-11-25(20-28)10-6-12-26(29(32)36-21-35-23(2)31)17-16-24-8-4-3-5-9-24/h3-5,7-9,11,13-15,18-20,26,30H,6,10,12,16-17,21H2,1-2H3. The molecule has 3 rings (SSSR count). The minimum atomic E-state index is -3.73. The summed E-state index contributed by atoms with van der Waals surface area (Å²) in [5.74, 6) is -1.29. The first-order valence-electron chi connectivity index (χ1n) is 12.3. The highest BCUT2D eigenvalue weighted by atomic mass is 32.2. The van der Waals surface area contributed by atoms with E-state index in [1.54, 1.807) is 30.3 Å². The number of rotatable bonds is 13. The molecule has 0 aliphatic carbocycles. The van der Waals surface area contributed by atoms with Crippen molar-refractivity contribution in [2.75, 3.05) is 11.5 Å². The zero-order valence-electron chi connectivity index (χ0n) is 21.2. The number of aryl methyl sites for hydroxylation is 3. The van der Waals surface area contributed by atoms with Crippen LogP contribution in [0.4, 0.5) is 5.69 Å². The molecule has 7 nitrogen and oxygen atoms in total. The van der Waals surface area contributed by atoms with Gasteiger partial charge in [-0.1, -0.05) is 60.2 Å². The van der Waals surface area contributed by atoms with E-state index in [-0.39, 0.29) is 10.8 Å². The number of esters is 2. The summed E-state index contributed by atoms with van der Waals surface area (Å²) >= 11 is 0. The molecule has 196 valence electrons. The molecule has 0 saturated carbocycles. The minimum absolute atomic E-state index is 0.187. The van der Waals surface area contributed by atoms with Crippen LogP contribution in [0.15, 0.2) is 83.8 Å². The lowest BCUT2D eigenvalue weighted by Crippen LogP contribution is -2.21. The van der Waals surface area contributed by atoms with Gasteiger partial charge in [-0.05, 0) is 74.4 Å². The number of carbonyl (C=O) groups excluding carboxylic acids is 2. The van der Waals surface area contributed by atoms with Gasteiger partial charge in [0.25, 0.3) is 10.0 Å². The zero-order chi connectivity index (χ0) is 26.7. The van der Waals surface area contributed by atoms with Gasteiger partial charge in [0.2, 0.25) is 6.79 Å². The topological polar surface area (TPSA) is 98.8 Å². The van der Waals surface area contributed by atoms with Gasteiger partial charge < -0.3 is 9.47 Å². The van der Waals surface area contributed by atoms with Crippen molar-refractivity contribution in [3.8, 4) is 0 Å². The molecule has 3 aromatic carbocycles. The van der Waals surface area contributed by atoms with Gasteiger partial charge in [0, 0.05) is 12.6 Å². The number of hydrogen-bond donors (Lipinski definition) is 1. The lowest BCUT2D eigenvalue weighted by molar-refractivity contribution is -0.169. The van der Waals surface area contributed by atoms with Crippen molar-refractivity contribution >= 4 is 27.6 Å². The van der Waals surface area contributed by atoms with Crippen LogP contribution in [0, 0.1) is 12.8 Å². The van der Waals surface area contributed by atoms with Crippen LogP contribution in [-0.4, -0.2) is 27.1 Å². The second kappa shape index (κ2) is 13.6. The minimum Gasteiger partial charge on any atom is -0.428 e. The molecule has 0 aromatic heterocycles. The molecule has 1 unspecified atom stereocenters. The molecule has 0 amide bonds. The average Bonchev–Trinajstić information content (AvgIpc) is 2.88. The Bertz CT molecular complexity index is 1270. The van der Waals surface area contributed by atoms with E-state index in [1.807, 2.05) is 55.5 Å². The molecule has 1 N–H and O–H groups in total. The summed E-state index contributed by atoms with van der Waals surface area (Å²) in [5.41, 5.74) is 3.54. The number of carbonyl (C=O) groups is 2. The lowest BCUT2D eigenvalue weighted by Gasteiger charge is -2.16. The van der Waals surface area contributed by atoms with Crippen molar-refractivity contribution in [3.05, 3.63) is 95.6 Å². The number of ether oxygens (including phenoxy) is 2. The van der Waals surface area contributed by atoms with E-state index in [0.717, 1.165) is 16.7 Å². The van der Waals surface area contributed by atoms with Crippen molar-refractivity contribution in [1.29, 1.82) is 0 Å².